The zero-order valence-corrected chi connectivity index (χ0v) is 12.4. The summed E-state index contributed by atoms with van der Waals surface area (Å²) in [5.74, 6) is 1.84. The minimum atomic E-state index is 0.384. The fourth-order valence-electron chi connectivity index (χ4n) is 2.57. The van der Waals surface area contributed by atoms with Gasteiger partial charge in [-0.15, -0.1) is 0 Å². The van der Waals surface area contributed by atoms with Crippen molar-refractivity contribution in [3.8, 4) is 0 Å². The number of benzene rings is 1. The lowest BCUT2D eigenvalue weighted by Crippen LogP contribution is -2.21. The van der Waals surface area contributed by atoms with E-state index in [1.165, 1.54) is 23.8 Å². The van der Waals surface area contributed by atoms with Crippen molar-refractivity contribution in [1.82, 2.24) is 5.32 Å². The van der Waals surface area contributed by atoms with Gasteiger partial charge in [0.15, 0.2) is 0 Å². The molecule has 1 aliphatic rings. The number of furan rings is 1. The SMILES string of the molecule is CCNC(c1cc2cc(C)cc(Br)c2o1)C1CC1. The van der Waals surface area contributed by atoms with Gasteiger partial charge in [0, 0.05) is 5.39 Å². The lowest BCUT2D eigenvalue weighted by molar-refractivity contribution is 0.403. The van der Waals surface area contributed by atoms with E-state index in [0.29, 0.717) is 6.04 Å². The first-order valence-corrected chi connectivity index (χ1v) is 7.41. The molecule has 3 heteroatoms. The van der Waals surface area contributed by atoms with Gasteiger partial charge in [-0.3, -0.25) is 0 Å². The third-order valence-electron chi connectivity index (χ3n) is 3.56. The summed E-state index contributed by atoms with van der Waals surface area (Å²) in [6.07, 6.45) is 2.63. The molecule has 0 aliphatic heterocycles. The van der Waals surface area contributed by atoms with E-state index >= 15 is 0 Å². The Morgan fingerprint density at radius 3 is 2.83 bits per heavy atom. The maximum Gasteiger partial charge on any atom is 0.148 e. The van der Waals surface area contributed by atoms with Crippen LogP contribution in [0.25, 0.3) is 11.0 Å². The molecule has 18 heavy (non-hydrogen) atoms. The average Bonchev–Trinajstić information content (AvgIpc) is 3.06. The minimum absolute atomic E-state index is 0.384. The van der Waals surface area contributed by atoms with Gasteiger partial charge in [0.25, 0.3) is 0 Å². The van der Waals surface area contributed by atoms with Crippen molar-refractivity contribution in [3.05, 3.63) is 34.0 Å². The van der Waals surface area contributed by atoms with Crippen molar-refractivity contribution in [2.45, 2.75) is 32.7 Å². The van der Waals surface area contributed by atoms with Crippen LogP contribution in [0, 0.1) is 12.8 Å². The average molecular weight is 308 g/mol. The van der Waals surface area contributed by atoms with Gasteiger partial charge in [0.05, 0.1) is 10.5 Å². The van der Waals surface area contributed by atoms with Crippen LogP contribution in [-0.2, 0) is 0 Å². The lowest BCUT2D eigenvalue weighted by Gasteiger charge is -2.13. The molecule has 0 radical (unpaired) electrons. The third-order valence-corrected chi connectivity index (χ3v) is 4.15. The van der Waals surface area contributed by atoms with Gasteiger partial charge in [-0.1, -0.05) is 6.92 Å². The van der Waals surface area contributed by atoms with Gasteiger partial charge >= 0.3 is 0 Å². The first-order valence-electron chi connectivity index (χ1n) is 6.62. The van der Waals surface area contributed by atoms with Gasteiger partial charge in [0.2, 0.25) is 0 Å². The van der Waals surface area contributed by atoms with E-state index in [0.717, 1.165) is 28.3 Å². The lowest BCUT2D eigenvalue weighted by atomic mass is 10.1. The van der Waals surface area contributed by atoms with Crippen LogP contribution >= 0.6 is 15.9 Å². The summed E-state index contributed by atoms with van der Waals surface area (Å²) >= 11 is 3.59. The Morgan fingerprint density at radius 2 is 2.17 bits per heavy atom. The van der Waals surface area contributed by atoms with Crippen molar-refractivity contribution >= 4 is 26.9 Å². The fourth-order valence-corrected chi connectivity index (χ4v) is 3.24. The number of nitrogens with one attached hydrogen (secondary N) is 1. The number of aryl methyl sites for hydroxylation is 1. The molecular weight excluding hydrogens is 290 g/mol. The summed E-state index contributed by atoms with van der Waals surface area (Å²) in [6, 6.07) is 6.87. The second kappa shape index (κ2) is 4.71. The van der Waals surface area contributed by atoms with E-state index in [1.54, 1.807) is 0 Å². The zero-order chi connectivity index (χ0) is 12.7. The summed E-state index contributed by atoms with van der Waals surface area (Å²) in [6.45, 7) is 5.25. The highest BCUT2D eigenvalue weighted by Crippen LogP contribution is 2.43. The summed E-state index contributed by atoms with van der Waals surface area (Å²) in [5, 5.41) is 4.74. The fraction of sp³-hybridized carbons (Fsp3) is 0.467. The third kappa shape index (κ3) is 2.21. The van der Waals surface area contributed by atoms with Crippen molar-refractivity contribution < 1.29 is 4.42 Å². The molecule has 2 aromatic rings. The van der Waals surface area contributed by atoms with Crippen LogP contribution in [-0.4, -0.2) is 6.54 Å². The number of hydrogen-bond donors (Lipinski definition) is 1. The molecule has 1 atom stereocenters. The molecule has 1 saturated carbocycles. The predicted octanol–water partition coefficient (Wildman–Crippen LogP) is 4.56. The second-order valence-electron chi connectivity index (χ2n) is 5.19. The highest BCUT2D eigenvalue weighted by molar-refractivity contribution is 9.10. The molecule has 1 fully saturated rings. The molecule has 0 saturated heterocycles. The Labute approximate surface area is 116 Å². The van der Waals surface area contributed by atoms with Gasteiger partial charge in [-0.05, 0) is 71.9 Å². The first-order chi connectivity index (χ1) is 8.69. The molecular formula is C15H18BrNO. The van der Waals surface area contributed by atoms with E-state index in [9.17, 15) is 0 Å². The van der Waals surface area contributed by atoms with E-state index in [2.05, 4.69) is 53.3 Å². The molecule has 1 aliphatic carbocycles. The van der Waals surface area contributed by atoms with Crippen molar-refractivity contribution in [3.63, 3.8) is 0 Å². The maximum atomic E-state index is 6.06. The Kier molecular flexibility index (Phi) is 3.20. The molecule has 3 rings (SSSR count). The summed E-state index contributed by atoms with van der Waals surface area (Å²) < 4.78 is 7.11. The molecule has 1 N–H and O–H groups in total. The minimum Gasteiger partial charge on any atom is -0.458 e. The summed E-state index contributed by atoms with van der Waals surface area (Å²) in [4.78, 5) is 0. The molecule has 2 nitrogen and oxygen atoms in total. The summed E-state index contributed by atoms with van der Waals surface area (Å²) in [5.41, 5.74) is 2.23. The molecule has 96 valence electrons. The predicted molar refractivity (Wildman–Crippen MR) is 77.8 cm³/mol. The standard InChI is InChI=1S/C15H18BrNO/c1-3-17-14(10-4-5-10)13-8-11-6-9(2)7-12(16)15(11)18-13/h6-8,10,14,17H,3-5H2,1-2H3. The first kappa shape index (κ1) is 12.2. The molecule has 1 aromatic carbocycles. The van der Waals surface area contributed by atoms with Crippen LogP contribution < -0.4 is 5.32 Å². The van der Waals surface area contributed by atoms with Crippen molar-refractivity contribution in [1.29, 1.82) is 0 Å². The van der Waals surface area contributed by atoms with Crippen molar-refractivity contribution in [2.75, 3.05) is 6.54 Å². The van der Waals surface area contributed by atoms with E-state index < -0.39 is 0 Å². The van der Waals surface area contributed by atoms with Crippen molar-refractivity contribution in [2.24, 2.45) is 5.92 Å². The second-order valence-corrected chi connectivity index (χ2v) is 6.04. The van der Waals surface area contributed by atoms with Crippen LogP contribution in [0.2, 0.25) is 0 Å². The molecule has 1 unspecified atom stereocenters. The highest BCUT2D eigenvalue weighted by Gasteiger charge is 2.33. The van der Waals surface area contributed by atoms with Gasteiger partial charge in [0.1, 0.15) is 11.3 Å². The van der Waals surface area contributed by atoms with Gasteiger partial charge < -0.3 is 9.73 Å². The topological polar surface area (TPSA) is 25.2 Å². The smallest absolute Gasteiger partial charge is 0.148 e. The Morgan fingerprint density at radius 1 is 1.39 bits per heavy atom. The number of hydrogen-bond acceptors (Lipinski definition) is 2. The summed E-state index contributed by atoms with van der Waals surface area (Å²) in [7, 11) is 0. The number of fused-ring (bicyclic) bond motifs is 1. The van der Waals surface area contributed by atoms with Gasteiger partial charge in [-0.2, -0.15) is 0 Å². The maximum absolute atomic E-state index is 6.06. The molecule has 1 aromatic heterocycles. The molecule has 0 spiro atoms. The Hall–Kier alpha value is -0.800. The largest absolute Gasteiger partial charge is 0.458 e. The van der Waals surface area contributed by atoms with Crippen LogP contribution in [0.4, 0.5) is 0 Å². The van der Waals surface area contributed by atoms with E-state index in [-0.39, 0.29) is 0 Å². The van der Waals surface area contributed by atoms with Crippen LogP contribution in [0.15, 0.2) is 27.1 Å². The normalized spacial score (nSPS) is 17.3. The highest BCUT2D eigenvalue weighted by atomic mass is 79.9. The molecule has 1 heterocycles. The quantitative estimate of drug-likeness (QED) is 0.895. The van der Waals surface area contributed by atoms with Crippen LogP contribution in [0.5, 0.6) is 0 Å². The Balaban J connectivity index is 2.03. The Bertz CT molecular complexity index is 571. The van der Waals surface area contributed by atoms with Gasteiger partial charge in [-0.25, -0.2) is 0 Å². The number of rotatable bonds is 4. The van der Waals surface area contributed by atoms with Crippen LogP contribution in [0.1, 0.15) is 37.1 Å². The van der Waals surface area contributed by atoms with E-state index in [4.69, 9.17) is 4.42 Å². The number of halogens is 1. The zero-order valence-electron chi connectivity index (χ0n) is 10.8. The van der Waals surface area contributed by atoms with E-state index in [1.807, 2.05) is 0 Å². The van der Waals surface area contributed by atoms with Crippen LogP contribution in [0.3, 0.4) is 0 Å². The monoisotopic (exact) mass is 307 g/mol. The molecule has 0 bridgehead atoms. The molecule has 0 amide bonds.